The van der Waals surface area contributed by atoms with Crippen LogP contribution in [-0.4, -0.2) is 56.6 Å². The molecule has 2 aliphatic heterocycles. The summed E-state index contributed by atoms with van der Waals surface area (Å²) >= 11 is 0. The summed E-state index contributed by atoms with van der Waals surface area (Å²) in [4.78, 5) is 0. The molecule has 0 spiro atoms. The minimum atomic E-state index is -0.836. The van der Waals surface area contributed by atoms with Gasteiger partial charge >= 0.3 is 0 Å². The SMILES string of the molecule is c1ccc(COC[C@H]2O[C@@H](OC3COC(c4ccccc4)OC3)[C@H](OCc3ccccc3)[C@@H](OCc3ccccc3)[C@H]2OCc2ccccc2)cc1. The molecule has 0 radical (unpaired) electrons. The smallest absolute Gasteiger partial charge is 0.187 e. The Bertz CT molecular complexity index is 1700. The highest BCUT2D eigenvalue weighted by molar-refractivity contribution is 5.18. The van der Waals surface area contributed by atoms with Crippen LogP contribution in [0.5, 0.6) is 0 Å². The van der Waals surface area contributed by atoms with Gasteiger partial charge in [0.25, 0.3) is 0 Å². The van der Waals surface area contributed by atoms with Crippen molar-refractivity contribution in [2.45, 2.75) is 69.5 Å². The Kier molecular flexibility index (Phi) is 13.2. The first kappa shape index (κ1) is 36.2. The standard InChI is InChI=1S/C44H46O8/c1-6-16-33(17-7-1)26-45-32-39-40(46-27-34-18-8-2-9-19-34)41(47-28-35-20-10-3-11-21-35)42(48-29-36-22-12-4-13-23-36)44(52-39)51-38-30-49-43(50-31-38)37-24-14-5-15-25-37/h1-25,38-44H,26-32H2/t38?,39-,40+,41+,42-,43?,44-/m1/s1. The van der Waals surface area contributed by atoms with Gasteiger partial charge in [-0.25, -0.2) is 0 Å². The predicted molar refractivity (Wildman–Crippen MR) is 196 cm³/mol. The van der Waals surface area contributed by atoms with Crippen LogP contribution >= 0.6 is 0 Å². The van der Waals surface area contributed by atoms with Crippen molar-refractivity contribution in [1.82, 2.24) is 0 Å². The van der Waals surface area contributed by atoms with Crippen LogP contribution < -0.4 is 0 Å². The first-order valence-corrected chi connectivity index (χ1v) is 18.0. The zero-order valence-corrected chi connectivity index (χ0v) is 29.2. The zero-order valence-electron chi connectivity index (χ0n) is 29.2. The summed E-state index contributed by atoms with van der Waals surface area (Å²) in [5.74, 6) is 0. The van der Waals surface area contributed by atoms with E-state index >= 15 is 0 Å². The quantitative estimate of drug-likeness (QED) is 0.103. The van der Waals surface area contributed by atoms with Gasteiger partial charge < -0.3 is 37.9 Å². The maximum absolute atomic E-state index is 6.83. The van der Waals surface area contributed by atoms with Gasteiger partial charge in [-0.1, -0.05) is 152 Å². The summed E-state index contributed by atoms with van der Waals surface area (Å²) in [5.41, 5.74) is 5.12. The van der Waals surface area contributed by atoms with Gasteiger partial charge in [0.15, 0.2) is 12.6 Å². The van der Waals surface area contributed by atoms with Crippen molar-refractivity contribution in [3.05, 3.63) is 179 Å². The molecule has 2 heterocycles. The Labute approximate surface area is 306 Å². The van der Waals surface area contributed by atoms with E-state index in [1.54, 1.807) is 0 Å². The van der Waals surface area contributed by atoms with Gasteiger partial charge in [-0.05, 0) is 22.3 Å². The van der Waals surface area contributed by atoms with E-state index < -0.39 is 43.1 Å². The summed E-state index contributed by atoms with van der Waals surface area (Å²) in [6, 6.07) is 50.3. The summed E-state index contributed by atoms with van der Waals surface area (Å²) in [6.07, 6.45) is -4.05. The first-order chi connectivity index (χ1) is 25.8. The van der Waals surface area contributed by atoms with E-state index in [0.29, 0.717) is 39.6 Å². The Balaban J connectivity index is 1.16. The van der Waals surface area contributed by atoms with Gasteiger partial charge in [0.2, 0.25) is 0 Å². The van der Waals surface area contributed by atoms with E-state index in [1.165, 1.54) is 0 Å². The molecular formula is C44H46O8. The van der Waals surface area contributed by atoms with Crippen LogP contribution in [-0.2, 0) is 64.3 Å². The molecule has 0 amide bonds. The highest BCUT2D eigenvalue weighted by atomic mass is 16.8. The largest absolute Gasteiger partial charge is 0.374 e. The Morgan fingerprint density at radius 1 is 0.462 bits per heavy atom. The average Bonchev–Trinajstić information content (AvgIpc) is 3.21. The lowest BCUT2D eigenvalue weighted by atomic mass is 9.97. The lowest BCUT2D eigenvalue weighted by Gasteiger charge is -2.47. The molecule has 8 nitrogen and oxygen atoms in total. The molecule has 0 bridgehead atoms. The molecule has 2 fully saturated rings. The fourth-order valence-electron chi connectivity index (χ4n) is 6.41. The van der Waals surface area contributed by atoms with E-state index in [4.69, 9.17) is 37.9 Å². The Hall–Kier alpha value is -4.22. The van der Waals surface area contributed by atoms with Gasteiger partial charge in [-0.3, -0.25) is 0 Å². The second kappa shape index (κ2) is 19.0. The van der Waals surface area contributed by atoms with Crippen LogP contribution in [0.15, 0.2) is 152 Å². The Morgan fingerprint density at radius 3 is 1.38 bits per heavy atom. The van der Waals surface area contributed by atoms with Crippen LogP contribution in [0.3, 0.4) is 0 Å². The van der Waals surface area contributed by atoms with Gasteiger partial charge in [0.1, 0.15) is 30.5 Å². The van der Waals surface area contributed by atoms with Crippen molar-refractivity contribution >= 4 is 0 Å². The van der Waals surface area contributed by atoms with Crippen molar-refractivity contribution in [3.63, 3.8) is 0 Å². The molecule has 52 heavy (non-hydrogen) atoms. The second-order valence-electron chi connectivity index (χ2n) is 13.0. The third kappa shape index (κ3) is 10.2. The maximum atomic E-state index is 6.83. The molecule has 7 rings (SSSR count). The molecule has 5 atom stereocenters. The molecule has 270 valence electrons. The third-order valence-corrected chi connectivity index (χ3v) is 9.11. The molecule has 0 saturated carbocycles. The summed E-state index contributed by atoms with van der Waals surface area (Å²) in [5, 5.41) is 0. The van der Waals surface area contributed by atoms with Crippen LogP contribution in [0, 0.1) is 0 Å². The third-order valence-electron chi connectivity index (χ3n) is 9.11. The molecule has 8 heteroatoms. The maximum Gasteiger partial charge on any atom is 0.187 e. The van der Waals surface area contributed by atoms with E-state index in [0.717, 1.165) is 27.8 Å². The van der Waals surface area contributed by atoms with Gasteiger partial charge in [-0.2, -0.15) is 0 Å². The lowest BCUT2D eigenvalue weighted by molar-refractivity contribution is -0.350. The van der Waals surface area contributed by atoms with Gasteiger partial charge in [0.05, 0.1) is 46.2 Å². The van der Waals surface area contributed by atoms with Crippen LogP contribution in [0.2, 0.25) is 0 Å². The van der Waals surface area contributed by atoms with Crippen LogP contribution in [0.1, 0.15) is 34.1 Å². The molecule has 0 aromatic heterocycles. The Morgan fingerprint density at radius 2 is 0.885 bits per heavy atom. The normalized spacial score (nSPS) is 24.7. The molecule has 0 aliphatic carbocycles. The van der Waals surface area contributed by atoms with Crippen LogP contribution in [0.25, 0.3) is 0 Å². The van der Waals surface area contributed by atoms with E-state index in [9.17, 15) is 0 Å². The van der Waals surface area contributed by atoms with E-state index in [2.05, 4.69) is 0 Å². The van der Waals surface area contributed by atoms with Crippen molar-refractivity contribution in [2.24, 2.45) is 0 Å². The van der Waals surface area contributed by atoms with Gasteiger partial charge in [0, 0.05) is 5.56 Å². The summed E-state index contributed by atoms with van der Waals surface area (Å²) < 4.78 is 52.5. The number of rotatable bonds is 16. The number of ether oxygens (including phenoxy) is 8. The molecule has 0 unspecified atom stereocenters. The molecule has 2 saturated heterocycles. The summed E-state index contributed by atoms with van der Waals surface area (Å²) in [7, 11) is 0. The lowest BCUT2D eigenvalue weighted by Crippen LogP contribution is -2.62. The molecule has 0 N–H and O–H groups in total. The average molecular weight is 703 g/mol. The fraction of sp³-hybridized carbons (Fsp3) is 0.318. The van der Waals surface area contributed by atoms with E-state index in [-0.39, 0.29) is 6.61 Å². The molecule has 5 aromatic carbocycles. The van der Waals surface area contributed by atoms with Crippen LogP contribution in [0.4, 0.5) is 0 Å². The molecule has 2 aliphatic rings. The first-order valence-electron chi connectivity index (χ1n) is 18.0. The van der Waals surface area contributed by atoms with Crippen molar-refractivity contribution in [1.29, 1.82) is 0 Å². The minimum Gasteiger partial charge on any atom is -0.374 e. The number of hydrogen-bond donors (Lipinski definition) is 0. The number of benzene rings is 5. The predicted octanol–water partition coefficient (Wildman–Crippen LogP) is 7.82. The zero-order chi connectivity index (χ0) is 35.2. The van der Waals surface area contributed by atoms with Crippen molar-refractivity contribution in [2.75, 3.05) is 19.8 Å². The highest BCUT2D eigenvalue weighted by Crippen LogP contribution is 2.33. The number of hydrogen-bond acceptors (Lipinski definition) is 8. The van der Waals surface area contributed by atoms with Crippen molar-refractivity contribution < 1.29 is 37.9 Å². The second-order valence-corrected chi connectivity index (χ2v) is 13.0. The van der Waals surface area contributed by atoms with Gasteiger partial charge in [-0.15, -0.1) is 0 Å². The highest BCUT2D eigenvalue weighted by Gasteiger charge is 2.50. The molecular weight excluding hydrogens is 656 g/mol. The summed E-state index contributed by atoms with van der Waals surface area (Å²) in [6.45, 7) is 2.35. The van der Waals surface area contributed by atoms with Crippen molar-refractivity contribution in [3.8, 4) is 0 Å². The topological polar surface area (TPSA) is 73.8 Å². The minimum absolute atomic E-state index is 0.249. The molecule has 5 aromatic rings. The fourth-order valence-corrected chi connectivity index (χ4v) is 6.41. The monoisotopic (exact) mass is 702 g/mol. The van der Waals surface area contributed by atoms with E-state index in [1.807, 2.05) is 152 Å².